The fourth-order valence-electron chi connectivity index (χ4n) is 2.06. The number of hydrogen-bond acceptors (Lipinski definition) is 3. The Morgan fingerprint density at radius 1 is 1.29 bits per heavy atom. The lowest BCUT2D eigenvalue weighted by Gasteiger charge is -2.21. The molecular formula is C15H20BrN3O2. The van der Waals surface area contributed by atoms with Gasteiger partial charge in [-0.1, -0.05) is 28.1 Å². The van der Waals surface area contributed by atoms with Gasteiger partial charge in [0.2, 0.25) is 11.8 Å². The summed E-state index contributed by atoms with van der Waals surface area (Å²) in [6, 6.07) is 8.25. The Bertz CT molecular complexity index is 500. The van der Waals surface area contributed by atoms with Crippen molar-refractivity contribution in [1.82, 2.24) is 10.2 Å². The van der Waals surface area contributed by atoms with Gasteiger partial charge in [-0.2, -0.15) is 0 Å². The van der Waals surface area contributed by atoms with Crippen molar-refractivity contribution in [3.05, 3.63) is 34.3 Å². The van der Waals surface area contributed by atoms with E-state index in [-0.39, 0.29) is 12.5 Å². The van der Waals surface area contributed by atoms with Gasteiger partial charge in [0.15, 0.2) is 0 Å². The third-order valence-corrected chi connectivity index (χ3v) is 3.86. The predicted octanol–water partition coefficient (Wildman–Crippen LogP) is 1.41. The van der Waals surface area contributed by atoms with Gasteiger partial charge >= 0.3 is 0 Å². The Hall–Kier alpha value is -1.40. The van der Waals surface area contributed by atoms with Crippen molar-refractivity contribution >= 4 is 27.7 Å². The zero-order chi connectivity index (χ0) is 15.2. The molecule has 0 heterocycles. The van der Waals surface area contributed by atoms with E-state index < -0.39 is 5.91 Å². The van der Waals surface area contributed by atoms with Crippen LogP contribution >= 0.6 is 15.9 Å². The summed E-state index contributed by atoms with van der Waals surface area (Å²) < 4.78 is 0.979. The van der Waals surface area contributed by atoms with Crippen LogP contribution in [0, 0.1) is 0 Å². The molecule has 1 aromatic carbocycles. The zero-order valence-corrected chi connectivity index (χ0v) is 13.4. The third-order valence-electron chi connectivity index (χ3n) is 3.34. The number of carbonyl (C=O) groups excluding carboxylic acids is 2. The number of benzene rings is 1. The number of nitrogens with one attached hydrogen (secondary N) is 1. The summed E-state index contributed by atoms with van der Waals surface area (Å²) in [6.07, 6.45) is 2.77. The van der Waals surface area contributed by atoms with Crippen molar-refractivity contribution in [2.45, 2.75) is 31.8 Å². The second kappa shape index (κ2) is 7.56. The zero-order valence-electron chi connectivity index (χ0n) is 11.8. The van der Waals surface area contributed by atoms with Crippen LogP contribution < -0.4 is 11.1 Å². The molecular weight excluding hydrogens is 334 g/mol. The Morgan fingerprint density at radius 3 is 2.52 bits per heavy atom. The molecule has 0 aromatic heterocycles. The molecule has 114 valence electrons. The summed E-state index contributed by atoms with van der Waals surface area (Å²) in [7, 11) is 0. The van der Waals surface area contributed by atoms with Crippen LogP contribution in [0.25, 0.3) is 0 Å². The van der Waals surface area contributed by atoms with E-state index in [1.807, 2.05) is 24.3 Å². The van der Waals surface area contributed by atoms with Gasteiger partial charge in [0.1, 0.15) is 0 Å². The van der Waals surface area contributed by atoms with E-state index in [4.69, 9.17) is 5.73 Å². The van der Waals surface area contributed by atoms with Crippen LogP contribution in [0.2, 0.25) is 0 Å². The summed E-state index contributed by atoms with van der Waals surface area (Å²) in [5, 5.41) is 3.30. The van der Waals surface area contributed by atoms with Gasteiger partial charge in [0, 0.05) is 30.0 Å². The van der Waals surface area contributed by atoms with Gasteiger partial charge < -0.3 is 16.0 Å². The largest absolute Gasteiger partial charge is 0.368 e. The van der Waals surface area contributed by atoms with E-state index in [0.717, 1.165) is 10.0 Å². The highest BCUT2D eigenvalue weighted by molar-refractivity contribution is 9.10. The van der Waals surface area contributed by atoms with E-state index in [0.29, 0.717) is 25.6 Å². The lowest BCUT2D eigenvalue weighted by atomic mass is 10.2. The first kappa shape index (κ1) is 16.0. The number of carbonyl (C=O) groups is 2. The number of rotatable bonds is 8. The van der Waals surface area contributed by atoms with Crippen LogP contribution in [0.1, 0.15) is 24.8 Å². The SMILES string of the molecule is NC(=O)CN(Cc1ccc(Br)cc1)C(=O)CCNC1CC1. The summed E-state index contributed by atoms with van der Waals surface area (Å²) in [6.45, 7) is 1.01. The number of nitrogens with zero attached hydrogens (tertiary/aromatic N) is 1. The molecule has 1 aromatic rings. The fraction of sp³-hybridized carbons (Fsp3) is 0.467. The Kier molecular flexibility index (Phi) is 5.76. The second-order valence-electron chi connectivity index (χ2n) is 5.32. The molecule has 0 unspecified atom stereocenters. The van der Waals surface area contributed by atoms with Crippen molar-refractivity contribution in [2.24, 2.45) is 5.73 Å². The molecule has 1 saturated carbocycles. The molecule has 3 N–H and O–H groups in total. The molecule has 2 rings (SSSR count). The van der Waals surface area contributed by atoms with Crippen LogP contribution in [0.5, 0.6) is 0 Å². The summed E-state index contributed by atoms with van der Waals surface area (Å²) in [4.78, 5) is 24.9. The van der Waals surface area contributed by atoms with Crippen LogP contribution in [0.3, 0.4) is 0 Å². The molecule has 0 atom stereocenters. The normalized spacial score (nSPS) is 14.0. The molecule has 21 heavy (non-hydrogen) atoms. The van der Waals surface area contributed by atoms with Crippen molar-refractivity contribution in [2.75, 3.05) is 13.1 Å². The average Bonchev–Trinajstić information content (AvgIpc) is 3.24. The minimum atomic E-state index is -0.490. The minimum Gasteiger partial charge on any atom is -0.368 e. The van der Waals surface area contributed by atoms with Crippen LogP contribution in [0.4, 0.5) is 0 Å². The van der Waals surface area contributed by atoms with Gasteiger partial charge in [-0.05, 0) is 30.5 Å². The van der Waals surface area contributed by atoms with Gasteiger partial charge in [-0.25, -0.2) is 0 Å². The molecule has 0 saturated heterocycles. The predicted molar refractivity (Wildman–Crippen MR) is 84.4 cm³/mol. The topological polar surface area (TPSA) is 75.4 Å². The molecule has 6 heteroatoms. The summed E-state index contributed by atoms with van der Waals surface area (Å²) >= 11 is 3.37. The van der Waals surface area contributed by atoms with E-state index in [9.17, 15) is 9.59 Å². The van der Waals surface area contributed by atoms with Crippen LogP contribution in [0.15, 0.2) is 28.7 Å². The average molecular weight is 354 g/mol. The highest BCUT2D eigenvalue weighted by Gasteiger charge is 2.21. The van der Waals surface area contributed by atoms with Gasteiger partial charge in [0.25, 0.3) is 0 Å². The molecule has 1 fully saturated rings. The van der Waals surface area contributed by atoms with E-state index in [1.165, 1.54) is 17.7 Å². The molecule has 2 amide bonds. The smallest absolute Gasteiger partial charge is 0.237 e. The first-order valence-electron chi connectivity index (χ1n) is 7.08. The van der Waals surface area contributed by atoms with E-state index >= 15 is 0 Å². The van der Waals surface area contributed by atoms with Crippen molar-refractivity contribution in [1.29, 1.82) is 0 Å². The molecule has 5 nitrogen and oxygen atoms in total. The second-order valence-corrected chi connectivity index (χ2v) is 6.24. The Balaban J connectivity index is 1.90. The summed E-state index contributed by atoms with van der Waals surface area (Å²) in [5.74, 6) is -0.541. The highest BCUT2D eigenvalue weighted by Crippen LogP contribution is 2.18. The maximum atomic E-state index is 12.2. The number of nitrogens with two attached hydrogens (primary N) is 1. The van der Waals surface area contributed by atoms with Crippen molar-refractivity contribution in [3.63, 3.8) is 0 Å². The first-order chi connectivity index (χ1) is 10.0. The minimum absolute atomic E-state index is 0.0433. The maximum Gasteiger partial charge on any atom is 0.237 e. The quantitative estimate of drug-likeness (QED) is 0.741. The van der Waals surface area contributed by atoms with Crippen LogP contribution in [-0.4, -0.2) is 35.8 Å². The van der Waals surface area contributed by atoms with E-state index in [1.54, 1.807) is 0 Å². The van der Waals surface area contributed by atoms with Crippen LogP contribution in [-0.2, 0) is 16.1 Å². The highest BCUT2D eigenvalue weighted by atomic mass is 79.9. The molecule has 0 radical (unpaired) electrons. The molecule has 0 spiro atoms. The monoisotopic (exact) mass is 353 g/mol. The maximum absolute atomic E-state index is 12.2. The molecule has 1 aliphatic rings. The molecule has 1 aliphatic carbocycles. The Labute approximate surface area is 133 Å². The number of amides is 2. The first-order valence-corrected chi connectivity index (χ1v) is 7.88. The summed E-state index contributed by atoms with van der Waals surface area (Å²) in [5.41, 5.74) is 6.21. The van der Waals surface area contributed by atoms with E-state index in [2.05, 4.69) is 21.2 Å². The lowest BCUT2D eigenvalue weighted by molar-refractivity contribution is -0.135. The van der Waals surface area contributed by atoms with Crippen molar-refractivity contribution in [3.8, 4) is 0 Å². The molecule has 0 bridgehead atoms. The Morgan fingerprint density at radius 2 is 1.95 bits per heavy atom. The van der Waals surface area contributed by atoms with Gasteiger partial charge in [-0.3, -0.25) is 9.59 Å². The third kappa shape index (κ3) is 5.85. The fourth-order valence-corrected chi connectivity index (χ4v) is 2.32. The van der Waals surface area contributed by atoms with Crippen molar-refractivity contribution < 1.29 is 9.59 Å². The van der Waals surface area contributed by atoms with Gasteiger partial charge in [0.05, 0.1) is 6.54 Å². The molecule has 0 aliphatic heterocycles. The number of primary amides is 1. The standard InChI is InChI=1S/C15H20BrN3O2/c16-12-3-1-11(2-4-12)9-19(10-14(17)20)15(21)7-8-18-13-5-6-13/h1-4,13,18H,5-10H2,(H2,17,20). The number of halogens is 1. The number of hydrogen-bond donors (Lipinski definition) is 2. The lowest BCUT2D eigenvalue weighted by Crippen LogP contribution is -2.39. The van der Waals surface area contributed by atoms with Gasteiger partial charge in [-0.15, -0.1) is 0 Å².